The highest BCUT2D eigenvalue weighted by molar-refractivity contribution is 7.98. The van der Waals surface area contributed by atoms with Crippen molar-refractivity contribution >= 4 is 17.3 Å². The SMILES string of the molecule is N#Cc1c(CSC[C@@H](O)c2ccccc2)cn2ccccc12. The molecule has 22 heavy (non-hydrogen) atoms. The molecule has 0 bridgehead atoms. The van der Waals surface area contributed by atoms with Gasteiger partial charge in [-0.25, -0.2) is 0 Å². The first-order chi connectivity index (χ1) is 10.8. The van der Waals surface area contributed by atoms with E-state index in [4.69, 9.17) is 0 Å². The smallest absolute Gasteiger partial charge is 0.102 e. The van der Waals surface area contributed by atoms with Gasteiger partial charge in [0, 0.05) is 23.9 Å². The van der Waals surface area contributed by atoms with E-state index in [1.54, 1.807) is 11.8 Å². The third kappa shape index (κ3) is 3.01. The van der Waals surface area contributed by atoms with Crippen molar-refractivity contribution < 1.29 is 5.11 Å². The number of aromatic nitrogens is 1. The Balaban J connectivity index is 1.68. The summed E-state index contributed by atoms with van der Waals surface area (Å²) in [5.41, 5.74) is 3.60. The van der Waals surface area contributed by atoms with Crippen molar-refractivity contribution in [2.45, 2.75) is 11.9 Å². The molecule has 3 rings (SSSR count). The van der Waals surface area contributed by atoms with Gasteiger partial charge < -0.3 is 9.51 Å². The van der Waals surface area contributed by atoms with Crippen molar-refractivity contribution in [2.24, 2.45) is 0 Å². The minimum atomic E-state index is -0.478. The van der Waals surface area contributed by atoms with Gasteiger partial charge in [-0.1, -0.05) is 36.4 Å². The molecule has 0 fully saturated rings. The van der Waals surface area contributed by atoms with Crippen LogP contribution in [0, 0.1) is 11.3 Å². The zero-order valence-corrected chi connectivity index (χ0v) is 12.8. The number of benzene rings is 1. The molecule has 0 aliphatic heterocycles. The number of rotatable bonds is 5. The van der Waals surface area contributed by atoms with E-state index in [1.807, 2.05) is 65.3 Å². The first kappa shape index (κ1) is 14.7. The molecule has 0 saturated carbocycles. The lowest BCUT2D eigenvalue weighted by atomic mass is 10.1. The molecule has 110 valence electrons. The molecule has 0 amide bonds. The van der Waals surface area contributed by atoms with E-state index in [9.17, 15) is 10.4 Å². The van der Waals surface area contributed by atoms with Gasteiger partial charge in [-0.3, -0.25) is 0 Å². The van der Waals surface area contributed by atoms with Gasteiger partial charge in [-0.15, -0.1) is 0 Å². The number of thioether (sulfide) groups is 1. The van der Waals surface area contributed by atoms with Crippen LogP contribution in [0.15, 0.2) is 60.9 Å². The molecule has 1 N–H and O–H groups in total. The van der Waals surface area contributed by atoms with Gasteiger partial charge >= 0.3 is 0 Å². The van der Waals surface area contributed by atoms with Crippen LogP contribution in [0.5, 0.6) is 0 Å². The molecule has 1 atom stereocenters. The Labute approximate surface area is 133 Å². The topological polar surface area (TPSA) is 48.4 Å². The lowest BCUT2D eigenvalue weighted by Gasteiger charge is -2.10. The van der Waals surface area contributed by atoms with Crippen molar-refractivity contribution in [3.05, 3.63) is 77.6 Å². The largest absolute Gasteiger partial charge is 0.388 e. The van der Waals surface area contributed by atoms with Gasteiger partial charge in [0.2, 0.25) is 0 Å². The summed E-state index contributed by atoms with van der Waals surface area (Å²) in [5.74, 6) is 1.33. The molecule has 0 saturated heterocycles. The molecule has 3 nitrogen and oxygen atoms in total. The van der Waals surface area contributed by atoms with Crippen LogP contribution in [0.4, 0.5) is 0 Å². The van der Waals surface area contributed by atoms with Crippen LogP contribution in [-0.4, -0.2) is 15.3 Å². The van der Waals surface area contributed by atoms with Crippen LogP contribution in [0.1, 0.15) is 22.8 Å². The summed E-state index contributed by atoms with van der Waals surface area (Å²) in [4.78, 5) is 0. The monoisotopic (exact) mass is 308 g/mol. The van der Waals surface area contributed by atoms with Gasteiger partial charge in [-0.05, 0) is 23.3 Å². The predicted octanol–water partition coefficient (Wildman–Crippen LogP) is 3.78. The fraction of sp³-hybridized carbons (Fsp3) is 0.167. The molecule has 1 aromatic carbocycles. The molecule has 0 spiro atoms. The number of aliphatic hydroxyl groups excluding tert-OH is 1. The number of nitrogens with zero attached hydrogens (tertiary/aromatic N) is 2. The Kier molecular flexibility index (Phi) is 4.47. The third-order valence-corrected chi connectivity index (χ3v) is 4.66. The quantitative estimate of drug-likeness (QED) is 0.780. The number of pyridine rings is 1. The average Bonchev–Trinajstić information content (AvgIpc) is 2.93. The minimum Gasteiger partial charge on any atom is -0.388 e. The summed E-state index contributed by atoms with van der Waals surface area (Å²) in [5, 5.41) is 19.5. The van der Waals surface area contributed by atoms with Crippen molar-refractivity contribution in [3.63, 3.8) is 0 Å². The lowest BCUT2D eigenvalue weighted by molar-refractivity contribution is 0.204. The van der Waals surface area contributed by atoms with Gasteiger partial charge in [-0.2, -0.15) is 17.0 Å². The fourth-order valence-electron chi connectivity index (χ4n) is 2.47. The molecule has 2 aromatic heterocycles. The van der Waals surface area contributed by atoms with Crippen LogP contribution in [0.3, 0.4) is 0 Å². The normalized spacial score (nSPS) is 12.2. The minimum absolute atomic E-state index is 0.478. The van der Waals surface area contributed by atoms with Crippen molar-refractivity contribution in [3.8, 4) is 6.07 Å². The van der Waals surface area contributed by atoms with E-state index in [-0.39, 0.29) is 0 Å². The molecule has 0 aliphatic carbocycles. The van der Waals surface area contributed by atoms with Crippen molar-refractivity contribution in [1.29, 1.82) is 5.26 Å². The van der Waals surface area contributed by atoms with Gasteiger partial charge in [0.05, 0.1) is 17.2 Å². The standard InChI is InChI=1S/C18H16N2OS/c19-10-16-15(11-20-9-5-4-8-17(16)20)12-22-13-18(21)14-6-2-1-3-7-14/h1-9,11,18,21H,12-13H2/t18-/m1/s1. The molecule has 3 aromatic rings. The highest BCUT2D eigenvalue weighted by atomic mass is 32.2. The number of aliphatic hydroxyl groups is 1. The van der Waals surface area contributed by atoms with E-state index in [0.717, 1.165) is 22.2 Å². The molecular formula is C18H16N2OS. The summed E-state index contributed by atoms with van der Waals surface area (Å²) in [6.45, 7) is 0. The van der Waals surface area contributed by atoms with E-state index in [1.165, 1.54) is 0 Å². The Morgan fingerprint density at radius 3 is 2.68 bits per heavy atom. The molecule has 2 heterocycles. The Morgan fingerprint density at radius 2 is 1.91 bits per heavy atom. The number of fused-ring (bicyclic) bond motifs is 1. The van der Waals surface area contributed by atoms with E-state index >= 15 is 0 Å². The fourth-order valence-corrected chi connectivity index (χ4v) is 3.44. The molecule has 0 aliphatic rings. The van der Waals surface area contributed by atoms with Crippen LogP contribution in [0.2, 0.25) is 0 Å². The summed E-state index contributed by atoms with van der Waals surface area (Å²) in [6.07, 6.45) is 3.47. The number of nitriles is 1. The summed E-state index contributed by atoms with van der Waals surface area (Å²) in [7, 11) is 0. The Hall–Kier alpha value is -2.22. The second kappa shape index (κ2) is 6.69. The molecule has 0 unspecified atom stereocenters. The van der Waals surface area contributed by atoms with E-state index in [0.29, 0.717) is 11.5 Å². The van der Waals surface area contributed by atoms with Crippen molar-refractivity contribution in [2.75, 3.05) is 5.75 Å². The van der Waals surface area contributed by atoms with Crippen LogP contribution >= 0.6 is 11.8 Å². The highest BCUT2D eigenvalue weighted by Crippen LogP contribution is 2.25. The van der Waals surface area contributed by atoms with Crippen molar-refractivity contribution in [1.82, 2.24) is 4.40 Å². The van der Waals surface area contributed by atoms with E-state index < -0.39 is 6.10 Å². The summed E-state index contributed by atoms with van der Waals surface area (Å²) in [6, 6.07) is 17.8. The zero-order chi connectivity index (χ0) is 15.4. The average molecular weight is 308 g/mol. The molecule has 0 radical (unpaired) electrons. The zero-order valence-electron chi connectivity index (χ0n) is 12.0. The second-order valence-electron chi connectivity index (χ2n) is 5.08. The van der Waals surface area contributed by atoms with Gasteiger partial charge in [0.25, 0.3) is 0 Å². The van der Waals surface area contributed by atoms with Crippen LogP contribution < -0.4 is 0 Å². The molecule has 4 heteroatoms. The number of hydrogen-bond donors (Lipinski definition) is 1. The maximum absolute atomic E-state index is 10.2. The highest BCUT2D eigenvalue weighted by Gasteiger charge is 2.12. The second-order valence-corrected chi connectivity index (χ2v) is 6.11. The summed E-state index contributed by atoms with van der Waals surface area (Å²) < 4.78 is 1.97. The maximum atomic E-state index is 10.2. The Bertz CT molecular complexity index is 805. The predicted molar refractivity (Wildman–Crippen MR) is 89.7 cm³/mol. The lowest BCUT2D eigenvalue weighted by Crippen LogP contribution is -2.00. The first-order valence-corrected chi connectivity index (χ1v) is 8.24. The molecular weight excluding hydrogens is 292 g/mol. The third-order valence-electron chi connectivity index (χ3n) is 3.59. The number of hydrogen-bond acceptors (Lipinski definition) is 3. The van der Waals surface area contributed by atoms with Gasteiger partial charge in [0.1, 0.15) is 6.07 Å². The van der Waals surface area contributed by atoms with Crippen LogP contribution in [0.25, 0.3) is 5.52 Å². The summed E-state index contributed by atoms with van der Waals surface area (Å²) >= 11 is 1.64. The van der Waals surface area contributed by atoms with E-state index in [2.05, 4.69) is 6.07 Å². The first-order valence-electron chi connectivity index (χ1n) is 7.09. The van der Waals surface area contributed by atoms with Crippen LogP contribution in [-0.2, 0) is 5.75 Å². The maximum Gasteiger partial charge on any atom is 0.102 e. The Morgan fingerprint density at radius 1 is 1.14 bits per heavy atom. The van der Waals surface area contributed by atoms with Gasteiger partial charge in [0.15, 0.2) is 0 Å².